The molecule has 25 heavy (non-hydrogen) atoms. The highest BCUT2D eigenvalue weighted by atomic mass is 16.6. The van der Waals surface area contributed by atoms with Gasteiger partial charge in [-0.15, -0.1) is 0 Å². The Labute approximate surface area is 156 Å². The van der Waals surface area contributed by atoms with E-state index in [0.717, 1.165) is 12.8 Å². The Balaban J connectivity index is 2.05. The van der Waals surface area contributed by atoms with Crippen LogP contribution in [0.5, 0.6) is 0 Å². The minimum absolute atomic E-state index is 0.284. The predicted octanol–water partition coefficient (Wildman–Crippen LogP) is 6.36. The van der Waals surface area contributed by atoms with Crippen molar-refractivity contribution in [3.63, 3.8) is 0 Å². The highest BCUT2D eigenvalue weighted by molar-refractivity contribution is 5.05. The summed E-state index contributed by atoms with van der Waals surface area (Å²) in [6.07, 6.45) is 16.5. The number of hydroxylamine groups is 4. The van der Waals surface area contributed by atoms with Gasteiger partial charge in [0, 0.05) is 0 Å². The standard InChI is InChI=1S/C21H44N2O2/c1-6-7-8-9-10-11-12-13-14-15-16-17-18-19-22(24)20(2,3)21(4,5)23(19)25/h19,24-25H,6-18H2,1-5H3. The zero-order chi connectivity index (χ0) is 18.9. The van der Waals surface area contributed by atoms with Crippen LogP contribution in [0.15, 0.2) is 0 Å². The molecule has 0 spiro atoms. The van der Waals surface area contributed by atoms with Crippen LogP contribution in [0.4, 0.5) is 0 Å². The highest BCUT2D eigenvalue weighted by Gasteiger charge is 2.57. The van der Waals surface area contributed by atoms with Crippen molar-refractivity contribution >= 4 is 0 Å². The van der Waals surface area contributed by atoms with Crippen molar-refractivity contribution in [2.45, 2.75) is 135 Å². The molecule has 0 radical (unpaired) electrons. The fraction of sp³-hybridized carbons (Fsp3) is 1.00. The summed E-state index contributed by atoms with van der Waals surface area (Å²) in [5.74, 6) is 0. The molecule has 1 aliphatic rings. The number of hydrogen-bond donors (Lipinski definition) is 2. The average Bonchev–Trinajstić information content (AvgIpc) is 2.67. The van der Waals surface area contributed by atoms with E-state index in [1.54, 1.807) is 0 Å². The molecule has 0 aliphatic carbocycles. The first kappa shape index (κ1) is 22.9. The SMILES string of the molecule is CCCCCCCCCCCCCCC1N(O)C(C)(C)C(C)(C)N1O. The molecule has 0 aromatic carbocycles. The van der Waals surface area contributed by atoms with Crippen LogP contribution in [-0.2, 0) is 0 Å². The summed E-state index contributed by atoms with van der Waals surface area (Å²) in [4.78, 5) is 0. The normalized spacial score (nSPS) is 21.2. The first-order valence-electron chi connectivity index (χ1n) is 10.7. The largest absolute Gasteiger partial charge is 0.312 e. The van der Waals surface area contributed by atoms with Gasteiger partial charge in [-0.05, 0) is 34.1 Å². The second kappa shape index (κ2) is 10.9. The molecule has 0 amide bonds. The van der Waals surface area contributed by atoms with Gasteiger partial charge in [0.15, 0.2) is 0 Å². The van der Waals surface area contributed by atoms with Gasteiger partial charge in [-0.2, -0.15) is 10.1 Å². The molecule has 4 heteroatoms. The number of nitrogens with zero attached hydrogens (tertiary/aromatic N) is 2. The second-order valence-corrected chi connectivity index (χ2v) is 8.97. The monoisotopic (exact) mass is 356 g/mol. The summed E-state index contributed by atoms with van der Waals surface area (Å²) in [6.45, 7) is 10.2. The zero-order valence-electron chi connectivity index (χ0n) is 17.6. The van der Waals surface area contributed by atoms with Crippen molar-refractivity contribution in [3.05, 3.63) is 0 Å². The molecule has 1 saturated heterocycles. The van der Waals surface area contributed by atoms with Crippen LogP contribution >= 0.6 is 0 Å². The third kappa shape index (κ3) is 6.20. The van der Waals surface area contributed by atoms with Crippen molar-refractivity contribution in [1.29, 1.82) is 0 Å². The summed E-state index contributed by atoms with van der Waals surface area (Å²) in [7, 11) is 0. The van der Waals surface area contributed by atoms with Gasteiger partial charge in [0.05, 0.1) is 11.1 Å². The molecule has 0 aromatic heterocycles. The van der Waals surface area contributed by atoms with E-state index in [0.29, 0.717) is 0 Å². The fourth-order valence-electron chi connectivity index (χ4n) is 3.82. The van der Waals surface area contributed by atoms with Gasteiger partial charge >= 0.3 is 0 Å². The fourth-order valence-corrected chi connectivity index (χ4v) is 3.82. The first-order valence-corrected chi connectivity index (χ1v) is 10.7. The van der Waals surface area contributed by atoms with Crippen molar-refractivity contribution in [2.24, 2.45) is 0 Å². The van der Waals surface area contributed by atoms with E-state index < -0.39 is 11.1 Å². The van der Waals surface area contributed by atoms with Gasteiger partial charge in [-0.25, -0.2) is 0 Å². The Hall–Kier alpha value is -0.160. The summed E-state index contributed by atoms with van der Waals surface area (Å²) >= 11 is 0. The second-order valence-electron chi connectivity index (χ2n) is 8.97. The molecular weight excluding hydrogens is 312 g/mol. The molecule has 0 bridgehead atoms. The van der Waals surface area contributed by atoms with E-state index in [-0.39, 0.29) is 6.17 Å². The molecule has 1 rings (SSSR count). The Kier molecular flexibility index (Phi) is 9.94. The van der Waals surface area contributed by atoms with Gasteiger partial charge in [0.1, 0.15) is 6.17 Å². The Morgan fingerprint density at radius 3 is 1.28 bits per heavy atom. The van der Waals surface area contributed by atoms with Crippen LogP contribution < -0.4 is 0 Å². The number of unbranched alkanes of at least 4 members (excludes halogenated alkanes) is 11. The minimum atomic E-state index is -0.455. The lowest BCUT2D eigenvalue weighted by atomic mass is 9.84. The Morgan fingerprint density at radius 2 is 0.920 bits per heavy atom. The van der Waals surface area contributed by atoms with Crippen LogP contribution in [-0.4, -0.2) is 37.8 Å². The minimum Gasteiger partial charge on any atom is -0.312 e. The van der Waals surface area contributed by atoms with Gasteiger partial charge in [0.25, 0.3) is 0 Å². The van der Waals surface area contributed by atoms with E-state index in [1.807, 2.05) is 27.7 Å². The molecular formula is C21H44N2O2. The highest BCUT2D eigenvalue weighted by Crippen LogP contribution is 2.42. The molecule has 1 fully saturated rings. The maximum Gasteiger partial charge on any atom is 0.111 e. The van der Waals surface area contributed by atoms with Crippen molar-refractivity contribution in [2.75, 3.05) is 0 Å². The molecule has 0 aromatic rings. The molecule has 2 N–H and O–H groups in total. The molecule has 1 heterocycles. The third-order valence-electron chi connectivity index (χ3n) is 6.52. The van der Waals surface area contributed by atoms with Gasteiger partial charge < -0.3 is 10.4 Å². The van der Waals surface area contributed by atoms with Gasteiger partial charge in [-0.1, -0.05) is 84.0 Å². The summed E-state index contributed by atoms with van der Waals surface area (Å²) < 4.78 is 0. The van der Waals surface area contributed by atoms with Crippen molar-refractivity contribution in [3.8, 4) is 0 Å². The smallest absolute Gasteiger partial charge is 0.111 e. The summed E-state index contributed by atoms with van der Waals surface area (Å²) in [6, 6.07) is 0. The molecule has 0 saturated carbocycles. The van der Waals surface area contributed by atoms with Gasteiger partial charge in [-0.3, -0.25) is 0 Å². The quantitative estimate of drug-likeness (QED) is 0.377. The summed E-state index contributed by atoms with van der Waals surface area (Å²) in [5.41, 5.74) is -0.910. The van der Waals surface area contributed by atoms with E-state index in [4.69, 9.17) is 0 Å². The van der Waals surface area contributed by atoms with Crippen LogP contribution in [0.25, 0.3) is 0 Å². The van der Waals surface area contributed by atoms with Crippen LogP contribution in [0.2, 0.25) is 0 Å². The third-order valence-corrected chi connectivity index (χ3v) is 6.52. The predicted molar refractivity (Wildman–Crippen MR) is 105 cm³/mol. The van der Waals surface area contributed by atoms with Crippen molar-refractivity contribution < 1.29 is 10.4 Å². The van der Waals surface area contributed by atoms with Crippen molar-refractivity contribution in [1.82, 2.24) is 10.1 Å². The topological polar surface area (TPSA) is 46.9 Å². The van der Waals surface area contributed by atoms with Crippen LogP contribution in [0.1, 0.15) is 118 Å². The maximum atomic E-state index is 10.4. The van der Waals surface area contributed by atoms with E-state index >= 15 is 0 Å². The molecule has 0 unspecified atom stereocenters. The molecule has 1 aliphatic heterocycles. The van der Waals surface area contributed by atoms with E-state index in [1.165, 1.54) is 80.8 Å². The zero-order valence-corrected chi connectivity index (χ0v) is 17.6. The molecule has 0 atom stereocenters. The molecule has 150 valence electrons. The number of rotatable bonds is 13. The number of hydrogen-bond acceptors (Lipinski definition) is 4. The van der Waals surface area contributed by atoms with Crippen LogP contribution in [0.3, 0.4) is 0 Å². The Bertz CT molecular complexity index is 338. The lowest BCUT2D eigenvalue weighted by Gasteiger charge is -2.37. The van der Waals surface area contributed by atoms with Crippen LogP contribution in [0, 0.1) is 0 Å². The summed E-state index contributed by atoms with van der Waals surface area (Å²) in [5, 5.41) is 23.6. The lowest BCUT2D eigenvalue weighted by molar-refractivity contribution is -0.221. The maximum absolute atomic E-state index is 10.4. The van der Waals surface area contributed by atoms with E-state index in [9.17, 15) is 10.4 Å². The average molecular weight is 357 g/mol. The van der Waals surface area contributed by atoms with Gasteiger partial charge in [0.2, 0.25) is 0 Å². The van der Waals surface area contributed by atoms with E-state index in [2.05, 4.69) is 6.92 Å². The molecule has 4 nitrogen and oxygen atoms in total. The first-order chi connectivity index (χ1) is 11.8. The Morgan fingerprint density at radius 1 is 0.600 bits per heavy atom. The lowest BCUT2D eigenvalue weighted by Crippen LogP contribution is -2.52.